The molecule has 0 unspecified atom stereocenters. The average Bonchev–Trinajstić information content (AvgIpc) is 2.85. The van der Waals surface area contributed by atoms with Gasteiger partial charge in [0.1, 0.15) is 0 Å². The van der Waals surface area contributed by atoms with Gasteiger partial charge in [-0.15, -0.1) is 0 Å². The summed E-state index contributed by atoms with van der Waals surface area (Å²) in [5.41, 5.74) is 5.33. The lowest BCUT2D eigenvalue weighted by Gasteiger charge is -2.40. The van der Waals surface area contributed by atoms with Crippen LogP contribution in [-0.4, -0.2) is 11.4 Å². The first-order chi connectivity index (χ1) is 15.7. The van der Waals surface area contributed by atoms with Crippen LogP contribution in [0.4, 0.5) is 0 Å². The molecule has 1 heteroatoms. The van der Waals surface area contributed by atoms with Crippen molar-refractivity contribution in [1.29, 1.82) is 0 Å². The highest BCUT2D eigenvalue weighted by molar-refractivity contribution is 5.37. The van der Waals surface area contributed by atoms with E-state index in [1.54, 1.807) is 0 Å². The third-order valence-electron chi connectivity index (χ3n) is 6.09. The van der Waals surface area contributed by atoms with Crippen LogP contribution in [0.5, 0.6) is 0 Å². The molecular formula is C31H33N. The van der Waals surface area contributed by atoms with E-state index in [4.69, 9.17) is 0 Å². The second-order valence-electron chi connectivity index (χ2n) is 8.87. The zero-order valence-corrected chi connectivity index (χ0v) is 19.1. The molecule has 0 radical (unpaired) electrons. The van der Waals surface area contributed by atoms with E-state index in [0.717, 1.165) is 13.0 Å². The second kappa shape index (κ2) is 10.9. The van der Waals surface area contributed by atoms with Crippen LogP contribution in [-0.2, 0) is 0 Å². The molecular weight excluding hydrogens is 386 g/mol. The maximum absolute atomic E-state index is 2.70. The van der Waals surface area contributed by atoms with Crippen molar-refractivity contribution in [2.45, 2.75) is 32.4 Å². The van der Waals surface area contributed by atoms with Crippen molar-refractivity contribution in [2.75, 3.05) is 6.54 Å². The number of nitrogens with zero attached hydrogens (tertiary/aromatic N) is 1. The average molecular weight is 420 g/mol. The van der Waals surface area contributed by atoms with Gasteiger partial charge in [0, 0.05) is 6.54 Å². The molecule has 0 N–H and O–H groups in total. The van der Waals surface area contributed by atoms with Gasteiger partial charge in [-0.25, -0.2) is 0 Å². The summed E-state index contributed by atoms with van der Waals surface area (Å²) >= 11 is 0. The Morgan fingerprint density at radius 3 is 1.00 bits per heavy atom. The molecule has 1 nitrogen and oxygen atoms in total. The summed E-state index contributed by atoms with van der Waals surface area (Å²) in [5.74, 6) is 0.636. The summed E-state index contributed by atoms with van der Waals surface area (Å²) in [4.78, 5) is 2.70. The Labute approximate surface area is 193 Å². The first-order valence-corrected chi connectivity index (χ1v) is 11.7. The largest absolute Gasteiger partial charge is 0.281 e. The van der Waals surface area contributed by atoms with Crippen LogP contribution in [0.15, 0.2) is 121 Å². The maximum Gasteiger partial charge on any atom is 0.0610 e. The first-order valence-electron chi connectivity index (χ1n) is 11.7. The highest BCUT2D eigenvalue weighted by atomic mass is 15.2. The molecule has 0 aromatic heterocycles. The fourth-order valence-electron chi connectivity index (χ4n) is 4.51. The van der Waals surface area contributed by atoms with E-state index in [0.29, 0.717) is 5.92 Å². The molecule has 4 aromatic carbocycles. The lowest BCUT2D eigenvalue weighted by Crippen LogP contribution is -2.35. The summed E-state index contributed by atoms with van der Waals surface area (Å²) in [7, 11) is 0. The van der Waals surface area contributed by atoms with Gasteiger partial charge in [0.15, 0.2) is 0 Å². The highest BCUT2D eigenvalue weighted by Gasteiger charge is 2.31. The van der Waals surface area contributed by atoms with Crippen molar-refractivity contribution in [2.24, 2.45) is 5.92 Å². The Kier molecular flexibility index (Phi) is 7.53. The van der Waals surface area contributed by atoms with Gasteiger partial charge >= 0.3 is 0 Å². The molecule has 0 atom stereocenters. The lowest BCUT2D eigenvalue weighted by atomic mass is 9.90. The van der Waals surface area contributed by atoms with Gasteiger partial charge in [-0.1, -0.05) is 135 Å². The molecule has 0 aliphatic rings. The van der Waals surface area contributed by atoms with Crippen molar-refractivity contribution in [3.63, 3.8) is 0 Å². The van der Waals surface area contributed by atoms with E-state index in [9.17, 15) is 0 Å². The number of rotatable bonds is 9. The summed E-state index contributed by atoms with van der Waals surface area (Å²) in [6.07, 6.45) is 1.15. The number of benzene rings is 4. The monoisotopic (exact) mass is 419 g/mol. The predicted molar refractivity (Wildman–Crippen MR) is 136 cm³/mol. The minimum Gasteiger partial charge on any atom is -0.281 e. The number of hydrogen-bond acceptors (Lipinski definition) is 1. The standard InChI is InChI=1S/C31H33N/c1-25(2)23-24-32(30(26-15-7-3-8-16-26)27-17-9-4-10-18-27)31(28-19-11-5-12-20-28)29-21-13-6-14-22-29/h3-22,25,30-31H,23-24H2,1-2H3. The molecule has 0 bridgehead atoms. The molecule has 4 rings (SSSR count). The van der Waals surface area contributed by atoms with Gasteiger partial charge in [0.25, 0.3) is 0 Å². The topological polar surface area (TPSA) is 3.24 Å². The molecule has 0 saturated heterocycles. The zero-order valence-electron chi connectivity index (χ0n) is 19.1. The Morgan fingerprint density at radius 2 is 0.750 bits per heavy atom. The van der Waals surface area contributed by atoms with Crippen molar-refractivity contribution in [3.8, 4) is 0 Å². The Balaban J connectivity index is 1.90. The van der Waals surface area contributed by atoms with E-state index in [-0.39, 0.29) is 12.1 Å². The van der Waals surface area contributed by atoms with E-state index < -0.39 is 0 Å². The Bertz CT molecular complexity index is 881. The minimum absolute atomic E-state index is 0.168. The quantitative estimate of drug-likeness (QED) is 0.266. The smallest absolute Gasteiger partial charge is 0.0610 e. The fraction of sp³-hybridized carbons (Fsp3) is 0.226. The summed E-state index contributed by atoms with van der Waals surface area (Å²) in [5, 5.41) is 0. The number of hydrogen-bond donors (Lipinski definition) is 0. The molecule has 4 aromatic rings. The molecule has 0 aliphatic heterocycles. The van der Waals surface area contributed by atoms with Gasteiger partial charge in [-0.3, -0.25) is 4.90 Å². The van der Waals surface area contributed by atoms with Crippen molar-refractivity contribution < 1.29 is 0 Å². The van der Waals surface area contributed by atoms with Crippen molar-refractivity contribution >= 4 is 0 Å². The molecule has 0 fully saturated rings. The van der Waals surface area contributed by atoms with Crippen LogP contribution in [0.2, 0.25) is 0 Å². The van der Waals surface area contributed by atoms with E-state index in [2.05, 4.69) is 140 Å². The van der Waals surface area contributed by atoms with Gasteiger partial charge < -0.3 is 0 Å². The summed E-state index contributed by atoms with van der Waals surface area (Å²) in [6, 6.07) is 44.2. The van der Waals surface area contributed by atoms with Gasteiger partial charge in [-0.05, 0) is 34.6 Å². The fourth-order valence-corrected chi connectivity index (χ4v) is 4.51. The summed E-state index contributed by atoms with van der Waals surface area (Å²) in [6.45, 7) is 5.65. The van der Waals surface area contributed by atoms with E-state index >= 15 is 0 Å². The Hall–Kier alpha value is -3.16. The minimum atomic E-state index is 0.168. The highest BCUT2D eigenvalue weighted by Crippen LogP contribution is 2.39. The van der Waals surface area contributed by atoms with Crippen LogP contribution in [0, 0.1) is 5.92 Å². The lowest BCUT2D eigenvalue weighted by molar-refractivity contribution is 0.170. The first kappa shape index (κ1) is 22.0. The Morgan fingerprint density at radius 1 is 0.469 bits per heavy atom. The van der Waals surface area contributed by atoms with E-state index in [1.807, 2.05) is 0 Å². The molecule has 0 spiro atoms. The molecule has 0 amide bonds. The maximum atomic E-state index is 2.70. The van der Waals surface area contributed by atoms with Gasteiger partial charge in [-0.2, -0.15) is 0 Å². The third-order valence-corrected chi connectivity index (χ3v) is 6.09. The van der Waals surface area contributed by atoms with E-state index in [1.165, 1.54) is 22.3 Å². The van der Waals surface area contributed by atoms with Crippen LogP contribution >= 0.6 is 0 Å². The molecule has 0 aliphatic carbocycles. The third kappa shape index (κ3) is 5.36. The van der Waals surface area contributed by atoms with Crippen LogP contribution in [0.1, 0.15) is 54.6 Å². The molecule has 162 valence electrons. The SMILES string of the molecule is CC(C)CCN(C(c1ccccc1)c1ccccc1)C(c1ccccc1)c1ccccc1. The van der Waals surface area contributed by atoms with Gasteiger partial charge in [0.05, 0.1) is 12.1 Å². The van der Waals surface area contributed by atoms with Crippen molar-refractivity contribution in [1.82, 2.24) is 4.90 Å². The van der Waals surface area contributed by atoms with Crippen LogP contribution < -0.4 is 0 Å². The zero-order chi connectivity index (χ0) is 22.2. The normalized spacial score (nSPS) is 11.6. The second-order valence-corrected chi connectivity index (χ2v) is 8.87. The summed E-state index contributed by atoms with van der Waals surface area (Å²) < 4.78 is 0. The van der Waals surface area contributed by atoms with Crippen LogP contribution in [0.3, 0.4) is 0 Å². The van der Waals surface area contributed by atoms with Crippen LogP contribution in [0.25, 0.3) is 0 Å². The molecule has 0 saturated carbocycles. The van der Waals surface area contributed by atoms with Gasteiger partial charge in [0.2, 0.25) is 0 Å². The molecule has 0 heterocycles. The molecule has 32 heavy (non-hydrogen) atoms. The van der Waals surface area contributed by atoms with Crippen molar-refractivity contribution in [3.05, 3.63) is 144 Å². The predicted octanol–water partition coefficient (Wildman–Crippen LogP) is 7.91.